The lowest BCUT2D eigenvalue weighted by Crippen LogP contribution is -2.34. The second-order valence-electron chi connectivity index (χ2n) is 3.58. The highest BCUT2D eigenvalue weighted by atomic mass is 16.8. The first kappa shape index (κ1) is 11.8. The minimum atomic E-state index is -0.637. The molecule has 1 unspecified atom stereocenters. The number of benzene rings is 1. The zero-order valence-corrected chi connectivity index (χ0v) is 9.67. The average Bonchev–Trinajstić information content (AvgIpc) is 2.56. The van der Waals surface area contributed by atoms with E-state index in [1.807, 2.05) is 6.92 Å². The Morgan fingerprint density at radius 2 is 1.71 bits per heavy atom. The first-order chi connectivity index (χ1) is 8.15. The van der Waals surface area contributed by atoms with Crippen molar-refractivity contribution in [3.05, 3.63) is 35.4 Å². The normalized spacial score (nSPS) is 16.2. The van der Waals surface area contributed by atoms with Gasteiger partial charge in [-0.05, 0) is 26.0 Å². The van der Waals surface area contributed by atoms with E-state index in [1.165, 1.54) is 0 Å². The van der Waals surface area contributed by atoms with Gasteiger partial charge in [-0.2, -0.15) is 0 Å². The molecule has 0 N–H and O–H groups in total. The fraction of sp³-hybridized carbons (Fsp3) is 0.333. The summed E-state index contributed by atoms with van der Waals surface area (Å²) in [7, 11) is 0. The van der Waals surface area contributed by atoms with E-state index in [9.17, 15) is 9.59 Å². The van der Waals surface area contributed by atoms with E-state index in [2.05, 4.69) is 0 Å². The maximum Gasteiger partial charge on any atom is 0.285 e. The summed E-state index contributed by atoms with van der Waals surface area (Å²) in [6.07, 6.45) is -0.637. The lowest BCUT2D eigenvalue weighted by Gasteiger charge is -2.18. The van der Waals surface area contributed by atoms with Gasteiger partial charge in [-0.1, -0.05) is 12.1 Å². The van der Waals surface area contributed by atoms with Crippen LogP contribution in [0.15, 0.2) is 24.3 Å². The van der Waals surface area contributed by atoms with Crippen LogP contribution in [-0.2, 0) is 9.57 Å². The SMILES string of the molecule is CCOC(C)ON1C(=O)c2ccccc2C1=O. The van der Waals surface area contributed by atoms with E-state index < -0.39 is 18.1 Å². The summed E-state index contributed by atoms with van der Waals surface area (Å²) < 4.78 is 5.13. The van der Waals surface area contributed by atoms with E-state index in [1.54, 1.807) is 31.2 Å². The molecule has 1 heterocycles. The van der Waals surface area contributed by atoms with Gasteiger partial charge in [0.15, 0.2) is 6.29 Å². The number of carbonyl (C=O) groups is 2. The lowest BCUT2D eigenvalue weighted by atomic mass is 10.1. The zero-order valence-electron chi connectivity index (χ0n) is 9.67. The molecule has 5 nitrogen and oxygen atoms in total. The summed E-state index contributed by atoms with van der Waals surface area (Å²) in [5.74, 6) is -0.894. The Hall–Kier alpha value is -1.72. The highest BCUT2D eigenvalue weighted by Crippen LogP contribution is 2.23. The molecule has 2 amide bonds. The molecule has 0 fully saturated rings. The van der Waals surface area contributed by atoms with Crippen LogP contribution in [0.1, 0.15) is 34.6 Å². The highest BCUT2D eigenvalue weighted by molar-refractivity contribution is 6.20. The third-order valence-electron chi connectivity index (χ3n) is 2.41. The number of fused-ring (bicyclic) bond motifs is 1. The minimum Gasteiger partial charge on any atom is -0.351 e. The van der Waals surface area contributed by atoms with Gasteiger partial charge in [-0.3, -0.25) is 9.59 Å². The number of carbonyl (C=O) groups excluding carboxylic acids is 2. The summed E-state index contributed by atoms with van der Waals surface area (Å²) >= 11 is 0. The molecule has 1 atom stereocenters. The maximum atomic E-state index is 11.9. The Morgan fingerprint density at radius 3 is 2.18 bits per heavy atom. The molecular weight excluding hydrogens is 222 g/mol. The largest absolute Gasteiger partial charge is 0.351 e. The molecule has 1 aliphatic rings. The van der Waals surface area contributed by atoms with E-state index in [0.717, 1.165) is 5.06 Å². The number of hydrogen-bond donors (Lipinski definition) is 0. The number of ether oxygens (including phenoxy) is 1. The van der Waals surface area contributed by atoms with Gasteiger partial charge in [0.1, 0.15) is 0 Å². The van der Waals surface area contributed by atoms with Crippen LogP contribution in [0.25, 0.3) is 0 Å². The van der Waals surface area contributed by atoms with Crippen molar-refractivity contribution in [1.29, 1.82) is 0 Å². The summed E-state index contributed by atoms with van der Waals surface area (Å²) in [5, 5.41) is 0.755. The van der Waals surface area contributed by atoms with Crippen molar-refractivity contribution in [3.63, 3.8) is 0 Å². The van der Waals surface area contributed by atoms with Crippen molar-refractivity contribution < 1.29 is 19.2 Å². The van der Waals surface area contributed by atoms with Gasteiger partial charge >= 0.3 is 0 Å². The van der Waals surface area contributed by atoms with Crippen molar-refractivity contribution >= 4 is 11.8 Å². The molecule has 2 rings (SSSR count). The van der Waals surface area contributed by atoms with E-state index in [4.69, 9.17) is 9.57 Å². The number of imide groups is 1. The Morgan fingerprint density at radius 1 is 1.18 bits per heavy atom. The monoisotopic (exact) mass is 235 g/mol. The van der Waals surface area contributed by atoms with Gasteiger partial charge < -0.3 is 4.74 Å². The van der Waals surface area contributed by atoms with Gasteiger partial charge in [0.2, 0.25) is 0 Å². The second-order valence-corrected chi connectivity index (χ2v) is 3.58. The van der Waals surface area contributed by atoms with E-state index >= 15 is 0 Å². The van der Waals surface area contributed by atoms with E-state index in [-0.39, 0.29) is 0 Å². The van der Waals surface area contributed by atoms with E-state index in [0.29, 0.717) is 17.7 Å². The summed E-state index contributed by atoms with van der Waals surface area (Å²) in [4.78, 5) is 28.9. The van der Waals surface area contributed by atoms with Crippen molar-refractivity contribution in [2.75, 3.05) is 6.61 Å². The molecule has 0 saturated carbocycles. The Bertz CT molecular complexity index is 423. The molecule has 1 aliphatic heterocycles. The van der Waals surface area contributed by atoms with Crippen molar-refractivity contribution in [3.8, 4) is 0 Å². The molecule has 5 heteroatoms. The first-order valence-corrected chi connectivity index (χ1v) is 5.41. The lowest BCUT2D eigenvalue weighted by molar-refractivity contribution is -0.223. The van der Waals surface area contributed by atoms with Gasteiger partial charge in [0, 0.05) is 6.61 Å². The molecule has 0 aromatic heterocycles. The third kappa shape index (κ3) is 2.07. The van der Waals surface area contributed by atoms with Crippen LogP contribution < -0.4 is 0 Å². The summed E-state index contributed by atoms with van der Waals surface area (Å²) in [6.45, 7) is 3.89. The van der Waals surface area contributed by atoms with Crippen LogP contribution in [-0.4, -0.2) is 29.8 Å². The van der Waals surface area contributed by atoms with Crippen LogP contribution in [0.2, 0.25) is 0 Å². The van der Waals surface area contributed by atoms with Crippen LogP contribution >= 0.6 is 0 Å². The van der Waals surface area contributed by atoms with Gasteiger partial charge in [-0.15, -0.1) is 5.06 Å². The molecule has 1 aromatic carbocycles. The maximum absolute atomic E-state index is 11.9. The highest BCUT2D eigenvalue weighted by Gasteiger charge is 2.37. The number of hydrogen-bond acceptors (Lipinski definition) is 4. The molecule has 0 bridgehead atoms. The quantitative estimate of drug-likeness (QED) is 0.587. The molecular formula is C12H13NO4. The van der Waals surface area contributed by atoms with Gasteiger partial charge in [0.25, 0.3) is 11.8 Å². The molecule has 0 aliphatic carbocycles. The van der Waals surface area contributed by atoms with Crippen LogP contribution in [0.5, 0.6) is 0 Å². The Kier molecular flexibility index (Phi) is 3.21. The standard InChI is InChI=1S/C12H13NO4/c1-3-16-8(2)17-13-11(14)9-6-4-5-7-10(9)12(13)15/h4-8H,3H2,1-2H3. The Balaban J connectivity index is 2.19. The molecule has 0 spiro atoms. The fourth-order valence-corrected chi connectivity index (χ4v) is 1.68. The minimum absolute atomic E-state index is 0.362. The average molecular weight is 235 g/mol. The predicted molar refractivity (Wildman–Crippen MR) is 59.1 cm³/mol. The molecule has 1 aromatic rings. The summed E-state index contributed by atoms with van der Waals surface area (Å²) in [5.41, 5.74) is 0.724. The molecule has 90 valence electrons. The molecule has 17 heavy (non-hydrogen) atoms. The van der Waals surface area contributed by atoms with Crippen LogP contribution in [0, 0.1) is 0 Å². The van der Waals surface area contributed by atoms with Crippen LogP contribution in [0.3, 0.4) is 0 Å². The van der Waals surface area contributed by atoms with Gasteiger partial charge in [0.05, 0.1) is 11.1 Å². The second kappa shape index (κ2) is 4.65. The third-order valence-corrected chi connectivity index (χ3v) is 2.41. The Labute approximate surface area is 98.9 Å². The van der Waals surface area contributed by atoms with Gasteiger partial charge in [-0.25, -0.2) is 4.84 Å². The predicted octanol–water partition coefficient (Wildman–Crippen LogP) is 1.60. The summed E-state index contributed by atoms with van der Waals surface area (Å²) in [6, 6.07) is 6.62. The number of nitrogens with zero attached hydrogens (tertiary/aromatic N) is 1. The smallest absolute Gasteiger partial charge is 0.285 e. The topological polar surface area (TPSA) is 55.8 Å². The van der Waals surface area contributed by atoms with Crippen molar-refractivity contribution in [2.45, 2.75) is 20.1 Å². The zero-order chi connectivity index (χ0) is 12.4. The number of rotatable bonds is 4. The molecule has 0 radical (unpaired) electrons. The van der Waals surface area contributed by atoms with Crippen LogP contribution in [0.4, 0.5) is 0 Å². The molecule has 0 saturated heterocycles. The number of amides is 2. The van der Waals surface area contributed by atoms with Crippen molar-refractivity contribution in [1.82, 2.24) is 5.06 Å². The fourth-order valence-electron chi connectivity index (χ4n) is 1.68. The number of hydroxylamine groups is 2. The van der Waals surface area contributed by atoms with Crippen molar-refractivity contribution in [2.24, 2.45) is 0 Å². The first-order valence-electron chi connectivity index (χ1n) is 5.41.